The van der Waals surface area contributed by atoms with E-state index in [4.69, 9.17) is 0 Å². The van der Waals surface area contributed by atoms with Crippen LogP contribution in [0.5, 0.6) is 0 Å². The second-order valence-electron chi connectivity index (χ2n) is 8.44. The summed E-state index contributed by atoms with van der Waals surface area (Å²) in [6.07, 6.45) is 11.6. The highest BCUT2D eigenvalue weighted by Gasteiger charge is 2.21. The quantitative estimate of drug-likeness (QED) is 0.621. The Balaban J connectivity index is 1.31. The van der Waals surface area contributed by atoms with Gasteiger partial charge in [0.1, 0.15) is 5.69 Å². The molecule has 0 unspecified atom stereocenters. The molecule has 3 heterocycles. The molecular formula is C26H28N4O. The summed E-state index contributed by atoms with van der Waals surface area (Å²) in [5.74, 6) is 0.0166. The molecule has 31 heavy (non-hydrogen) atoms. The van der Waals surface area contributed by atoms with E-state index in [0.717, 1.165) is 38.1 Å². The lowest BCUT2D eigenvalue weighted by molar-refractivity contribution is 0.0749. The molecule has 3 aromatic rings. The van der Waals surface area contributed by atoms with Crippen molar-refractivity contribution in [2.75, 3.05) is 32.7 Å². The van der Waals surface area contributed by atoms with Gasteiger partial charge in [0, 0.05) is 37.5 Å². The van der Waals surface area contributed by atoms with E-state index in [9.17, 15) is 4.79 Å². The number of fused-ring (bicyclic) bond motifs is 1. The Labute approximate surface area is 183 Å². The van der Waals surface area contributed by atoms with Gasteiger partial charge in [0.2, 0.25) is 0 Å². The van der Waals surface area contributed by atoms with Gasteiger partial charge < -0.3 is 14.8 Å². The van der Waals surface area contributed by atoms with Crippen LogP contribution in [0, 0.1) is 0 Å². The Morgan fingerprint density at radius 2 is 2.03 bits per heavy atom. The molecule has 0 atom stereocenters. The predicted octanol–water partition coefficient (Wildman–Crippen LogP) is 4.51. The van der Waals surface area contributed by atoms with E-state index < -0.39 is 0 Å². The fourth-order valence-corrected chi connectivity index (χ4v) is 4.54. The van der Waals surface area contributed by atoms with E-state index in [0.29, 0.717) is 12.2 Å². The number of likely N-dealkylation sites (tertiary alicyclic amines) is 1. The SMILES string of the molecule is O=C(c1ccccn1)N(CCN1CCCC1)CC1=CC(c2ccc3[nH]ccc3c2)=CC1. The van der Waals surface area contributed by atoms with E-state index in [1.165, 1.54) is 34.9 Å². The highest BCUT2D eigenvalue weighted by Crippen LogP contribution is 2.29. The van der Waals surface area contributed by atoms with Crippen LogP contribution in [0.2, 0.25) is 0 Å². The standard InChI is InChI=1S/C26H28N4O/c31-26(25-5-1-2-11-27-25)30(16-15-29-13-3-4-14-29)19-20-6-7-21(17-20)22-8-9-24-23(18-22)10-12-28-24/h1-2,5,7-12,17-18,28H,3-4,6,13-16,19H2. The van der Waals surface area contributed by atoms with Crippen molar-refractivity contribution >= 4 is 22.4 Å². The first-order valence-corrected chi connectivity index (χ1v) is 11.2. The van der Waals surface area contributed by atoms with E-state index in [-0.39, 0.29) is 5.91 Å². The monoisotopic (exact) mass is 412 g/mol. The van der Waals surface area contributed by atoms with Crippen molar-refractivity contribution in [1.29, 1.82) is 0 Å². The maximum Gasteiger partial charge on any atom is 0.272 e. The van der Waals surface area contributed by atoms with E-state index in [1.807, 2.05) is 29.3 Å². The summed E-state index contributed by atoms with van der Waals surface area (Å²) < 4.78 is 0. The van der Waals surface area contributed by atoms with Crippen LogP contribution in [0.3, 0.4) is 0 Å². The zero-order valence-corrected chi connectivity index (χ0v) is 17.8. The Hall–Kier alpha value is -3.18. The smallest absolute Gasteiger partial charge is 0.272 e. The topological polar surface area (TPSA) is 52.2 Å². The van der Waals surface area contributed by atoms with Gasteiger partial charge in [-0.2, -0.15) is 0 Å². The molecule has 0 bridgehead atoms. The van der Waals surface area contributed by atoms with Gasteiger partial charge in [0.15, 0.2) is 0 Å². The van der Waals surface area contributed by atoms with E-state index >= 15 is 0 Å². The van der Waals surface area contributed by atoms with Gasteiger partial charge in [0.05, 0.1) is 0 Å². The summed E-state index contributed by atoms with van der Waals surface area (Å²) in [6.45, 7) is 4.59. The number of allylic oxidation sites excluding steroid dienone is 3. The van der Waals surface area contributed by atoms with Crippen LogP contribution in [-0.4, -0.2) is 58.4 Å². The lowest BCUT2D eigenvalue weighted by atomic mass is 10.1. The summed E-state index contributed by atoms with van der Waals surface area (Å²) in [6, 6.07) is 14.2. The number of aromatic amines is 1. The normalized spacial score (nSPS) is 16.5. The number of pyridine rings is 1. The predicted molar refractivity (Wildman–Crippen MR) is 125 cm³/mol. The lowest BCUT2D eigenvalue weighted by Crippen LogP contribution is -2.39. The molecular weight excluding hydrogens is 384 g/mol. The molecule has 2 aromatic heterocycles. The highest BCUT2D eigenvalue weighted by molar-refractivity contribution is 5.92. The maximum atomic E-state index is 13.2. The van der Waals surface area contributed by atoms with Gasteiger partial charge >= 0.3 is 0 Å². The summed E-state index contributed by atoms with van der Waals surface area (Å²) >= 11 is 0. The Bertz CT molecular complexity index is 1120. The summed E-state index contributed by atoms with van der Waals surface area (Å²) in [7, 11) is 0. The third-order valence-electron chi connectivity index (χ3n) is 6.28. The first kappa shape index (κ1) is 19.8. The third-order valence-corrected chi connectivity index (χ3v) is 6.28. The van der Waals surface area contributed by atoms with Gasteiger partial charge in [0.25, 0.3) is 5.91 Å². The van der Waals surface area contributed by atoms with Gasteiger partial charge in [-0.05, 0) is 84.8 Å². The van der Waals surface area contributed by atoms with Crippen LogP contribution < -0.4 is 0 Å². The van der Waals surface area contributed by atoms with Crippen LogP contribution in [0.1, 0.15) is 35.3 Å². The average molecular weight is 413 g/mol. The molecule has 5 nitrogen and oxygen atoms in total. The van der Waals surface area contributed by atoms with Crippen molar-refractivity contribution in [3.63, 3.8) is 0 Å². The molecule has 5 heteroatoms. The zero-order valence-electron chi connectivity index (χ0n) is 17.8. The molecule has 1 aliphatic carbocycles. The van der Waals surface area contributed by atoms with Crippen molar-refractivity contribution in [3.8, 4) is 0 Å². The molecule has 5 rings (SSSR count). The second-order valence-corrected chi connectivity index (χ2v) is 8.44. The highest BCUT2D eigenvalue weighted by atomic mass is 16.2. The first-order valence-electron chi connectivity index (χ1n) is 11.2. The number of aromatic nitrogens is 2. The van der Waals surface area contributed by atoms with Crippen LogP contribution in [0.4, 0.5) is 0 Å². The molecule has 1 fully saturated rings. The molecule has 1 aliphatic heterocycles. The Kier molecular flexibility index (Phi) is 5.67. The summed E-state index contributed by atoms with van der Waals surface area (Å²) in [5.41, 5.74) is 5.41. The Morgan fingerprint density at radius 1 is 1.13 bits per heavy atom. The number of amides is 1. The van der Waals surface area contributed by atoms with Crippen molar-refractivity contribution in [2.24, 2.45) is 0 Å². The van der Waals surface area contributed by atoms with E-state index in [2.05, 4.69) is 51.3 Å². The minimum absolute atomic E-state index is 0.0166. The Morgan fingerprint density at radius 3 is 2.87 bits per heavy atom. The van der Waals surface area contributed by atoms with Gasteiger partial charge in [-0.1, -0.05) is 24.3 Å². The largest absolute Gasteiger partial charge is 0.361 e. The molecule has 1 aromatic carbocycles. The number of nitrogens with one attached hydrogen (secondary N) is 1. The van der Waals surface area contributed by atoms with Crippen molar-refractivity contribution in [3.05, 3.63) is 83.8 Å². The molecule has 2 aliphatic rings. The summed E-state index contributed by atoms with van der Waals surface area (Å²) in [5, 5.41) is 1.22. The number of benzene rings is 1. The van der Waals surface area contributed by atoms with Crippen LogP contribution in [-0.2, 0) is 0 Å². The minimum Gasteiger partial charge on any atom is -0.361 e. The lowest BCUT2D eigenvalue weighted by Gasteiger charge is -2.26. The number of carbonyl (C=O) groups is 1. The number of hydrogen-bond acceptors (Lipinski definition) is 3. The molecule has 1 N–H and O–H groups in total. The number of carbonyl (C=O) groups excluding carboxylic acids is 1. The molecule has 0 spiro atoms. The van der Waals surface area contributed by atoms with Crippen molar-refractivity contribution in [1.82, 2.24) is 19.8 Å². The maximum absolute atomic E-state index is 13.2. The number of rotatable bonds is 7. The number of hydrogen-bond donors (Lipinski definition) is 1. The van der Waals surface area contributed by atoms with Crippen molar-refractivity contribution < 1.29 is 4.79 Å². The van der Waals surface area contributed by atoms with Crippen molar-refractivity contribution in [2.45, 2.75) is 19.3 Å². The molecule has 158 valence electrons. The van der Waals surface area contributed by atoms with Crippen LogP contribution >= 0.6 is 0 Å². The second kappa shape index (κ2) is 8.90. The van der Waals surface area contributed by atoms with Gasteiger partial charge in [-0.25, -0.2) is 0 Å². The van der Waals surface area contributed by atoms with Crippen LogP contribution in [0.25, 0.3) is 16.5 Å². The van der Waals surface area contributed by atoms with Gasteiger partial charge in [-0.15, -0.1) is 0 Å². The zero-order chi connectivity index (χ0) is 21.0. The third kappa shape index (κ3) is 4.47. The molecule has 1 saturated heterocycles. The first-order chi connectivity index (χ1) is 15.3. The van der Waals surface area contributed by atoms with Crippen LogP contribution in [0.15, 0.2) is 72.6 Å². The molecule has 0 saturated carbocycles. The molecule has 0 radical (unpaired) electrons. The fraction of sp³-hybridized carbons (Fsp3) is 0.308. The van der Waals surface area contributed by atoms with Gasteiger partial charge in [-0.3, -0.25) is 9.78 Å². The molecule has 1 amide bonds. The number of H-pyrrole nitrogens is 1. The average Bonchev–Trinajstić information content (AvgIpc) is 3.58. The number of nitrogens with zero attached hydrogens (tertiary/aromatic N) is 3. The fourth-order valence-electron chi connectivity index (χ4n) is 4.54. The van der Waals surface area contributed by atoms with E-state index in [1.54, 1.807) is 6.20 Å². The minimum atomic E-state index is 0.0166. The summed E-state index contributed by atoms with van der Waals surface area (Å²) in [4.78, 5) is 25.2.